The average molecular weight is 223 g/mol. The Morgan fingerprint density at radius 1 is 1.00 bits per heavy atom. The zero-order chi connectivity index (χ0) is 8.58. The van der Waals surface area contributed by atoms with Crippen LogP contribution in [0, 0.1) is 0 Å². The van der Waals surface area contributed by atoms with E-state index >= 15 is 0 Å². The van der Waals surface area contributed by atoms with Gasteiger partial charge in [-0.15, -0.1) is 0 Å². The Labute approximate surface area is 68.4 Å². The van der Waals surface area contributed by atoms with Crippen LogP contribution in [-0.2, 0) is 23.6 Å². The van der Waals surface area contributed by atoms with Gasteiger partial charge in [-0.25, -0.2) is 0 Å². The summed E-state index contributed by atoms with van der Waals surface area (Å²) >= 11 is 8.29. The number of hydrogen-bond donors (Lipinski definition) is 4. The first-order chi connectivity index (χ1) is 4.15. The van der Waals surface area contributed by atoms with Crippen LogP contribution in [0.5, 0.6) is 0 Å². The molecule has 0 aromatic carbocycles. The molecule has 0 fully saturated rings. The predicted octanol–water partition coefficient (Wildman–Crippen LogP) is -0.664. The van der Waals surface area contributed by atoms with Crippen LogP contribution in [0.2, 0.25) is 0 Å². The molecule has 5 nitrogen and oxygen atoms in total. The molecule has 0 spiro atoms. The topological polar surface area (TPSA) is 84.2 Å². The van der Waals surface area contributed by atoms with Crippen molar-refractivity contribution in [2.75, 3.05) is 7.05 Å². The lowest BCUT2D eigenvalue weighted by Gasteiger charge is -2.24. The molecular formula is CH7NO4P2S2. The zero-order valence-corrected chi connectivity index (χ0v) is 8.37. The first-order valence-corrected chi connectivity index (χ1v) is 7.33. The van der Waals surface area contributed by atoms with Crippen molar-refractivity contribution in [1.29, 1.82) is 0 Å². The second kappa shape index (κ2) is 3.23. The van der Waals surface area contributed by atoms with E-state index in [1.54, 1.807) is 0 Å². The lowest BCUT2D eigenvalue weighted by atomic mass is 11.6. The van der Waals surface area contributed by atoms with Gasteiger partial charge in [0, 0.05) is 7.05 Å². The Hall–Kier alpha value is 1.10. The largest absolute Gasteiger partial charge is 0.333 e. The summed E-state index contributed by atoms with van der Waals surface area (Å²) in [5, 5.41) is 0. The molecule has 0 atom stereocenters. The quantitative estimate of drug-likeness (QED) is 0.462. The van der Waals surface area contributed by atoms with Gasteiger partial charge in [0.1, 0.15) is 0 Å². The second-order valence-corrected chi connectivity index (χ2v) is 8.02. The maximum Gasteiger partial charge on any atom is 0.266 e. The third-order valence-corrected chi connectivity index (χ3v) is 5.95. The van der Waals surface area contributed by atoms with Gasteiger partial charge in [0.2, 0.25) is 0 Å². The Morgan fingerprint density at radius 3 is 1.20 bits per heavy atom. The van der Waals surface area contributed by atoms with E-state index in [9.17, 15) is 0 Å². The SMILES string of the molecule is CN(P(O)(O)=S)P(O)(O)=S. The van der Waals surface area contributed by atoms with Crippen LogP contribution >= 0.6 is 13.3 Å². The minimum Gasteiger partial charge on any atom is -0.333 e. The van der Waals surface area contributed by atoms with Crippen molar-refractivity contribution in [3.05, 3.63) is 0 Å². The van der Waals surface area contributed by atoms with Gasteiger partial charge >= 0.3 is 0 Å². The van der Waals surface area contributed by atoms with Gasteiger partial charge < -0.3 is 19.6 Å². The third kappa shape index (κ3) is 3.48. The van der Waals surface area contributed by atoms with E-state index < -0.39 is 13.3 Å². The van der Waals surface area contributed by atoms with Crippen LogP contribution < -0.4 is 0 Å². The molecule has 0 heterocycles. The van der Waals surface area contributed by atoms with E-state index in [2.05, 4.69) is 23.6 Å². The summed E-state index contributed by atoms with van der Waals surface area (Å²) in [7, 11) is 1.06. The van der Waals surface area contributed by atoms with Crippen LogP contribution in [0.15, 0.2) is 0 Å². The monoisotopic (exact) mass is 223 g/mol. The molecule has 9 heteroatoms. The fourth-order valence-electron chi connectivity index (χ4n) is 0.152. The lowest BCUT2D eigenvalue weighted by Crippen LogP contribution is -2.09. The highest BCUT2D eigenvalue weighted by Crippen LogP contribution is 2.56. The summed E-state index contributed by atoms with van der Waals surface area (Å²) in [4.78, 5) is 34.7. The van der Waals surface area contributed by atoms with Crippen molar-refractivity contribution in [2.24, 2.45) is 0 Å². The fourth-order valence-corrected chi connectivity index (χ4v) is 3.62. The van der Waals surface area contributed by atoms with E-state index in [1.807, 2.05) is 0 Å². The Bertz CT molecular complexity index is 183. The smallest absolute Gasteiger partial charge is 0.266 e. The standard InChI is InChI=1S/CH7NO4P2S2/c1-2(7(3,4)9)8(5,6)10/h1H3,(H2,3,4,9)(H2,5,6,10). The van der Waals surface area contributed by atoms with Crippen molar-refractivity contribution in [2.45, 2.75) is 0 Å². The highest BCUT2D eigenvalue weighted by Gasteiger charge is 2.27. The normalized spacial score (nSPS) is 14.2. The minimum absolute atomic E-state index is 0.449. The molecule has 0 aromatic rings. The lowest BCUT2D eigenvalue weighted by molar-refractivity contribution is 0.385. The Balaban J connectivity index is 4.56. The molecule has 0 aliphatic heterocycles. The van der Waals surface area contributed by atoms with Crippen LogP contribution in [0.4, 0.5) is 0 Å². The van der Waals surface area contributed by atoms with Gasteiger partial charge in [0.05, 0.1) is 0 Å². The summed E-state index contributed by atoms with van der Waals surface area (Å²) in [6.45, 7) is -7.53. The molecule has 10 heavy (non-hydrogen) atoms. The molecule has 0 amide bonds. The number of hydrogen-bond acceptors (Lipinski definition) is 2. The summed E-state index contributed by atoms with van der Waals surface area (Å²) in [6, 6.07) is 0. The van der Waals surface area contributed by atoms with Crippen molar-refractivity contribution in [3.63, 3.8) is 0 Å². The van der Waals surface area contributed by atoms with E-state index in [1.165, 1.54) is 0 Å². The summed E-state index contributed by atoms with van der Waals surface area (Å²) in [6.07, 6.45) is 0. The van der Waals surface area contributed by atoms with E-state index in [0.29, 0.717) is 4.44 Å². The number of rotatable bonds is 2. The molecule has 0 aliphatic rings. The fraction of sp³-hybridized carbons (Fsp3) is 1.00. The molecule has 0 saturated heterocycles. The molecule has 0 rings (SSSR count). The summed E-state index contributed by atoms with van der Waals surface area (Å²) in [5.74, 6) is 0. The molecule has 4 N–H and O–H groups in total. The molecule has 0 radical (unpaired) electrons. The van der Waals surface area contributed by atoms with E-state index in [-0.39, 0.29) is 0 Å². The molecule has 62 valence electrons. The maximum absolute atomic E-state index is 8.67. The van der Waals surface area contributed by atoms with Crippen molar-refractivity contribution >= 4 is 36.9 Å². The zero-order valence-electron chi connectivity index (χ0n) is 4.95. The summed E-state index contributed by atoms with van der Waals surface area (Å²) in [5.41, 5.74) is 0. The average Bonchev–Trinajstić information content (AvgIpc) is 1.59. The van der Waals surface area contributed by atoms with Crippen LogP contribution in [0.1, 0.15) is 0 Å². The van der Waals surface area contributed by atoms with Gasteiger partial charge in [-0.2, -0.15) is 4.44 Å². The van der Waals surface area contributed by atoms with Gasteiger partial charge in [0.25, 0.3) is 13.3 Å². The second-order valence-electron chi connectivity index (χ2n) is 1.52. The molecule has 0 saturated carbocycles. The third-order valence-electron chi connectivity index (χ3n) is 0.754. The first-order valence-electron chi connectivity index (χ1n) is 2.01. The van der Waals surface area contributed by atoms with Crippen molar-refractivity contribution < 1.29 is 19.6 Å². The molecule has 0 aliphatic carbocycles. The van der Waals surface area contributed by atoms with Crippen molar-refractivity contribution in [1.82, 2.24) is 4.44 Å². The van der Waals surface area contributed by atoms with Gasteiger partial charge in [-0.1, -0.05) is 0 Å². The van der Waals surface area contributed by atoms with E-state index in [0.717, 1.165) is 7.05 Å². The molecular weight excluding hydrogens is 216 g/mol. The maximum atomic E-state index is 8.67. The van der Waals surface area contributed by atoms with Crippen molar-refractivity contribution in [3.8, 4) is 0 Å². The van der Waals surface area contributed by atoms with Gasteiger partial charge in [0.15, 0.2) is 0 Å². The number of nitrogens with zero attached hydrogens (tertiary/aromatic N) is 1. The highest BCUT2D eigenvalue weighted by atomic mass is 32.5. The van der Waals surface area contributed by atoms with Crippen LogP contribution in [-0.4, -0.2) is 31.1 Å². The first kappa shape index (κ1) is 11.1. The highest BCUT2D eigenvalue weighted by molar-refractivity contribution is 8.16. The molecule has 0 aromatic heterocycles. The van der Waals surface area contributed by atoms with Gasteiger partial charge in [-0.05, 0) is 23.6 Å². The molecule has 0 unspecified atom stereocenters. The Kier molecular flexibility index (Phi) is 3.58. The Morgan fingerprint density at radius 2 is 1.20 bits per heavy atom. The molecule has 0 bridgehead atoms. The van der Waals surface area contributed by atoms with E-state index in [4.69, 9.17) is 19.6 Å². The predicted molar refractivity (Wildman–Crippen MR) is 45.2 cm³/mol. The van der Waals surface area contributed by atoms with Crippen LogP contribution in [0.3, 0.4) is 0 Å². The van der Waals surface area contributed by atoms with Gasteiger partial charge in [-0.3, -0.25) is 0 Å². The van der Waals surface area contributed by atoms with Crippen LogP contribution in [0.25, 0.3) is 0 Å². The summed E-state index contributed by atoms with van der Waals surface area (Å²) < 4.78 is 0.449. The minimum atomic E-state index is -3.77.